The Morgan fingerprint density at radius 2 is 2.27 bits per heavy atom. The maximum Gasteiger partial charge on any atom is 0.469 e. The second-order valence-electron chi connectivity index (χ2n) is 5.92. The first-order valence-electron chi connectivity index (χ1n) is 7.28. The molecule has 2 aromatic rings. The summed E-state index contributed by atoms with van der Waals surface area (Å²) >= 11 is 0. The number of aromatic nitrogens is 3. The zero-order valence-corrected chi connectivity index (χ0v) is 14.2. The van der Waals surface area contributed by atoms with Crippen LogP contribution in [0.4, 0.5) is 10.2 Å². The third kappa shape index (κ3) is 2.66. The number of phosphoric ester groups is 1. The van der Waals surface area contributed by atoms with Gasteiger partial charge < -0.3 is 25.4 Å². The van der Waals surface area contributed by atoms with Gasteiger partial charge >= 0.3 is 7.82 Å². The van der Waals surface area contributed by atoms with E-state index >= 15 is 4.39 Å². The van der Waals surface area contributed by atoms with Crippen molar-refractivity contribution in [3.8, 4) is 6.07 Å². The van der Waals surface area contributed by atoms with Crippen molar-refractivity contribution in [2.75, 3.05) is 12.3 Å². The van der Waals surface area contributed by atoms with E-state index in [-0.39, 0.29) is 11.5 Å². The monoisotopic (exact) mass is 387 g/mol. The summed E-state index contributed by atoms with van der Waals surface area (Å²) in [6.07, 6.45) is -2.31. The number of fused-ring (bicyclic) bond motifs is 1. The molecule has 1 saturated heterocycles. The number of hydrogen-bond acceptors (Lipinski definition) is 8. The highest BCUT2D eigenvalue weighted by Gasteiger charge is 2.67. The van der Waals surface area contributed by atoms with Crippen LogP contribution in [0.3, 0.4) is 0 Å². The average Bonchev–Trinajstić information content (AvgIpc) is 3.06. The van der Waals surface area contributed by atoms with Gasteiger partial charge in [-0.25, -0.2) is 18.5 Å². The van der Waals surface area contributed by atoms with E-state index in [9.17, 15) is 14.9 Å². The summed E-state index contributed by atoms with van der Waals surface area (Å²) < 4.78 is 37.2. The van der Waals surface area contributed by atoms with Crippen molar-refractivity contribution in [2.24, 2.45) is 0 Å². The number of nitrogens with two attached hydrogens (primary N) is 1. The van der Waals surface area contributed by atoms with E-state index in [1.807, 2.05) is 0 Å². The molecule has 2 aromatic heterocycles. The number of aliphatic hydroxyl groups is 1. The van der Waals surface area contributed by atoms with Crippen molar-refractivity contribution in [3.63, 3.8) is 0 Å². The summed E-state index contributed by atoms with van der Waals surface area (Å²) in [5, 5.41) is 23.9. The van der Waals surface area contributed by atoms with Crippen molar-refractivity contribution in [1.29, 1.82) is 5.26 Å². The highest BCUT2D eigenvalue weighted by molar-refractivity contribution is 7.46. The lowest BCUT2D eigenvalue weighted by Gasteiger charge is -2.30. The zero-order chi connectivity index (χ0) is 19.3. The van der Waals surface area contributed by atoms with Gasteiger partial charge in [-0.3, -0.25) is 4.52 Å². The summed E-state index contributed by atoms with van der Waals surface area (Å²) in [6.45, 7) is 0.122. The smallest absolute Gasteiger partial charge is 0.387 e. The van der Waals surface area contributed by atoms with Gasteiger partial charge in [0.05, 0.1) is 12.3 Å². The van der Waals surface area contributed by atoms with Crippen molar-refractivity contribution in [3.05, 3.63) is 24.2 Å². The lowest BCUT2D eigenvalue weighted by atomic mass is 9.82. The molecule has 11 nitrogen and oxygen atoms in total. The normalized spacial score (nSPS) is 32.0. The number of rotatable bonds is 4. The number of halogens is 1. The minimum atomic E-state index is -4.88. The maximum absolute atomic E-state index is 15.5. The fourth-order valence-electron chi connectivity index (χ4n) is 2.98. The van der Waals surface area contributed by atoms with Gasteiger partial charge in [-0.1, -0.05) is 0 Å². The number of alkyl halides is 1. The molecule has 140 valence electrons. The molecule has 1 aliphatic heterocycles. The molecule has 0 aromatic carbocycles. The molecule has 0 radical (unpaired) electrons. The number of ether oxygens (including phenoxy) is 1. The second-order valence-corrected chi connectivity index (χ2v) is 7.16. The van der Waals surface area contributed by atoms with E-state index in [1.165, 1.54) is 12.1 Å². The van der Waals surface area contributed by atoms with E-state index in [0.717, 1.165) is 17.8 Å². The summed E-state index contributed by atoms with van der Waals surface area (Å²) in [4.78, 5) is 21.4. The van der Waals surface area contributed by atoms with E-state index in [2.05, 4.69) is 14.6 Å². The summed E-state index contributed by atoms with van der Waals surface area (Å²) in [5.41, 5.74) is 0.970. The van der Waals surface area contributed by atoms with Crippen LogP contribution in [0, 0.1) is 11.3 Å². The molecular formula is C13H15FN5O6P. The number of hydrogen-bond donors (Lipinski definition) is 4. The largest absolute Gasteiger partial charge is 0.469 e. The number of nitriles is 1. The Balaban J connectivity index is 2.09. The van der Waals surface area contributed by atoms with Crippen LogP contribution < -0.4 is 5.73 Å². The predicted molar refractivity (Wildman–Crippen MR) is 83.1 cm³/mol. The molecule has 26 heavy (non-hydrogen) atoms. The second kappa shape index (κ2) is 5.95. The first-order chi connectivity index (χ1) is 12.0. The number of nitrogens with zero attached hydrogens (tertiary/aromatic N) is 4. The van der Waals surface area contributed by atoms with Gasteiger partial charge in [0, 0.05) is 0 Å². The van der Waals surface area contributed by atoms with Crippen molar-refractivity contribution in [2.45, 2.75) is 30.4 Å². The Morgan fingerprint density at radius 3 is 2.88 bits per heavy atom. The topological polar surface area (TPSA) is 176 Å². The van der Waals surface area contributed by atoms with Gasteiger partial charge in [0.15, 0.2) is 11.5 Å². The Hall–Kier alpha value is -2.13. The van der Waals surface area contributed by atoms with Crippen molar-refractivity contribution in [1.82, 2.24) is 14.6 Å². The lowest BCUT2D eigenvalue weighted by molar-refractivity contribution is -0.0712. The summed E-state index contributed by atoms with van der Waals surface area (Å²) in [7, 11) is -4.88. The quantitative estimate of drug-likeness (QED) is 0.506. The van der Waals surface area contributed by atoms with Crippen molar-refractivity contribution < 1.29 is 33.1 Å². The van der Waals surface area contributed by atoms with Gasteiger partial charge in [0.2, 0.25) is 5.60 Å². The molecular weight excluding hydrogens is 372 g/mol. The Labute approximate surface area is 146 Å². The molecule has 0 amide bonds. The van der Waals surface area contributed by atoms with Gasteiger partial charge in [0.25, 0.3) is 0 Å². The van der Waals surface area contributed by atoms with Crippen LogP contribution in [0.15, 0.2) is 18.5 Å². The predicted octanol–water partition coefficient (Wildman–Crippen LogP) is -0.372. The van der Waals surface area contributed by atoms with E-state index in [1.54, 1.807) is 6.07 Å². The van der Waals surface area contributed by atoms with E-state index < -0.39 is 37.9 Å². The molecule has 1 fully saturated rings. The van der Waals surface area contributed by atoms with E-state index in [4.69, 9.17) is 20.3 Å². The Kier molecular flexibility index (Phi) is 4.27. The van der Waals surface area contributed by atoms with Crippen LogP contribution in [0.5, 0.6) is 0 Å². The van der Waals surface area contributed by atoms with Gasteiger partial charge in [-0.2, -0.15) is 10.4 Å². The molecule has 13 heteroatoms. The number of aliphatic hydroxyl groups excluding tert-OH is 1. The van der Waals surface area contributed by atoms with Crippen LogP contribution in [0.1, 0.15) is 12.6 Å². The molecule has 3 rings (SSSR count). The fraction of sp³-hybridized carbons (Fsp3) is 0.462. The van der Waals surface area contributed by atoms with Crippen molar-refractivity contribution >= 4 is 19.2 Å². The SMILES string of the molecule is CC1(F)C(O)C(COP(=O)(O)O)OC1(C#N)c1ccc2c(N)ncnn12. The minimum absolute atomic E-state index is 0.0631. The molecule has 0 spiro atoms. The van der Waals surface area contributed by atoms with Crippen LogP contribution >= 0.6 is 7.82 Å². The third-order valence-corrected chi connectivity index (χ3v) is 4.82. The standard InChI is InChI=1S/C13H15FN5O6P/c1-12(14)10(20)8(4-24-26(21,22)23)25-13(12,5-15)9-3-2-7-11(16)17-6-18-19(7)9/h2-3,6,8,10,20H,4H2,1H3,(H2,16,17,18)(H2,21,22,23). The lowest BCUT2D eigenvalue weighted by Crippen LogP contribution is -2.48. The van der Waals surface area contributed by atoms with Crippen LogP contribution in [0.25, 0.3) is 5.52 Å². The van der Waals surface area contributed by atoms with Crippen LogP contribution in [-0.4, -0.2) is 54.0 Å². The molecule has 4 unspecified atom stereocenters. The molecule has 0 bridgehead atoms. The molecule has 1 aliphatic rings. The molecule has 5 N–H and O–H groups in total. The highest BCUT2D eigenvalue weighted by atomic mass is 31.2. The number of phosphoric acid groups is 1. The zero-order valence-electron chi connectivity index (χ0n) is 13.4. The summed E-state index contributed by atoms with van der Waals surface area (Å²) in [6, 6.07) is 4.51. The van der Waals surface area contributed by atoms with Crippen LogP contribution in [0.2, 0.25) is 0 Å². The first kappa shape index (κ1) is 18.7. The highest BCUT2D eigenvalue weighted by Crippen LogP contribution is 2.50. The minimum Gasteiger partial charge on any atom is -0.387 e. The molecule has 4 atom stereocenters. The van der Waals surface area contributed by atoms with Gasteiger partial charge in [-0.15, -0.1) is 0 Å². The number of nitrogen functional groups attached to an aromatic ring is 1. The average molecular weight is 387 g/mol. The Morgan fingerprint density at radius 1 is 1.58 bits per heavy atom. The Bertz CT molecular complexity index is 939. The number of anilines is 1. The van der Waals surface area contributed by atoms with Gasteiger partial charge in [0.1, 0.15) is 30.1 Å². The maximum atomic E-state index is 15.5. The van der Waals surface area contributed by atoms with Crippen LogP contribution in [-0.2, 0) is 19.4 Å². The third-order valence-electron chi connectivity index (χ3n) is 4.33. The van der Waals surface area contributed by atoms with Gasteiger partial charge in [-0.05, 0) is 19.1 Å². The van der Waals surface area contributed by atoms with E-state index in [0.29, 0.717) is 5.52 Å². The molecule has 0 aliphatic carbocycles. The first-order valence-corrected chi connectivity index (χ1v) is 8.81. The summed E-state index contributed by atoms with van der Waals surface area (Å²) in [5.74, 6) is 0.0832. The fourth-order valence-corrected chi connectivity index (χ4v) is 3.32. The molecule has 0 saturated carbocycles. The molecule has 3 heterocycles.